The van der Waals surface area contributed by atoms with Gasteiger partial charge in [0, 0.05) is 25.8 Å². The zero-order valence-corrected chi connectivity index (χ0v) is 12.4. The fraction of sp³-hybridized carbons (Fsp3) is 0.500. The first-order chi connectivity index (χ1) is 8.52. The molecule has 0 aliphatic rings. The van der Waals surface area contributed by atoms with Crippen LogP contribution in [0, 0.1) is 0 Å². The van der Waals surface area contributed by atoms with Crippen LogP contribution in [0.4, 0.5) is 5.69 Å². The number of amides is 1. The molecule has 0 radical (unpaired) electrons. The van der Waals surface area contributed by atoms with E-state index in [4.69, 9.17) is 0 Å². The van der Waals surface area contributed by atoms with Gasteiger partial charge < -0.3 is 10.2 Å². The summed E-state index contributed by atoms with van der Waals surface area (Å²) in [5, 5.41) is 3.00. The number of thioether (sulfide) groups is 1. The number of carbonyl (C=O) groups excluding carboxylic acids is 1. The highest BCUT2D eigenvalue weighted by Gasteiger charge is 2.07. The average molecular weight is 266 g/mol. The highest BCUT2D eigenvalue weighted by Crippen LogP contribution is 2.13. The summed E-state index contributed by atoms with van der Waals surface area (Å²) in [5.74, 6) is 0.643. The van der Waals surface area contributed by atoms with Gasteiger partial charge in [0.25, 0.3) is 0 Å². The maximum atomic E-state index is 11.4. The minimum atomic E-state index is 0.111. The van der Waals surface area contributed by atoms with Crippen LogP contribution in [0.3, 0.4) is 0 Å². The zero-order chi connectivity index (χ0) is 13.5. The summed E-state index contributed by atoms with van der Waals surface area (Å²) in [5.41, 5.74) is 2.44. The molecule has 18 heavy (non-hydrogen) atoms. The van der Waals surface area contributed by atoms with Gasteiger partial charge in [0.1, 0.15) is 0 Å². The summed E-state index contributed by atoms with van der Waals surface area (Å²) < 4.78 is 0. The van der Waals surface area contributed by atoms with Crippen molar-refractivity contribution in [3.05, 3.63) is 29.8 Å². The second kappa shape index (κ2) is 7.31. The molecule has 0 heterocycles. The Morgan fingerprint density at radius 2 is 1.94 bits per heavy atom. The molecule has 1 rings (SSSR count). The van der Waals surface area contributed by atoms with Gasteiger partial charge in [0.15, 0.2) is 0 Å². The minimum absolute atomic E-state index is 0.111. The average Bonchev–Trinajstić information content (AvgIpc) is 2.29. The Morgan fingerprint density at radius 1 is 1.33 bits per heavy atom. The number of hydrogen-bond acceptors (Lipinski definition) is 3. The fourth-order valence-corrected chi connectivity index (χ4v) is 2.13. The van der Waals surface area contributed by atoms with Gasteiger partial charge in [-0.25, -0.2) is 0 Å². The molecule has 0 aliphatic carbocycles. The van der Waals surface area contributed by atoms with Crippen molar-refractivity contribution in [1.82, 2.24) is 5.32 Å². The lowest BCUT2D eigenvalue weighted by Gasteiger charge is -2.15. The first-order valence-electron chi connectivity index (χ1n) is 6.07. The monoisotopic (exact) mass is 266 g/mol. The minimum Gasteiger partial charge on any atom is -0.378 e. The van der Waals surface area contributed by atoms with Gasteiger partial charge in [-0.1, -0.05) is 12.1 Å². The molecule has 0 fully saturated rings. The number of anilines is 1. The molecule has 0 aliphatic heterocycles. The smallest absolute Gasteiger partial charge is 0.230 e. The molecule has 1 aromatic carbocycles. The summed E-state index contributed by atoms with van der Waals surface area (Å²) in [6, 6.07) is 8.62. The van der Waals surface area contributed by atoms with Crippen molar-refractivity contribution in [1.29, 1.82) is 0 Å². The van der Waals surface area contributed by atoms with E-state index >= 15 is 0 Å². The first-order valence-corrected chi connectivity index (χ1v) is 7.47. The summed E-state index contributed by atoms with van der Waals surface area (Å²) in [6.45, 7) is 2.04. The van der Waals surface area contributed by atoms with Gasteiger partial charge in [0.05, 0.1) is 5.75 Å². The Balaban J connectivity index is 2.49. The van der Waals surface area contributed by atoms with Crippen LogP contribution < -0.4 is 10.2 Å². The number of benzene rings is 1. The Hall–Kier alpha value is -1.16. The maximum Gasteiger partial charge on any atom is 0.230 e. The van der Waals surface area contributed by atoms with Crippen molar-refractivity contribution >= 4 is 23.4 Å². The van der Waals surface area contributed by atoms with Crippen LogP contribution in [0.25, 0.3) is 0 Å². The second-order valence-corrected chi connectivity index (χ2v) is 5.53. The van der Waals surface area contributed by atoms with Crippen molar-refractivity contribution in [3.8, 4) is 0 Å². The highest BCUT2D eigenvalue weighted by molar-refractivity contribution is 7.99. The summed E-state index contributed by atoms with van der Waals surface area (Å²) >= 11 is 1.55. The molecule has 4 heteroatoms. The topological polar surface area (TPSA) is 32.3 Å². The molecule has 0 bridgehead atoms. The third-order valence-electron chi connectivity index (χ3n) is 2.68. The third-order valence-corrected chi connectivity index (χ3v) is 3.23. The Morgan fingerprint density at radius 3 is 2.44 bits per heavy atom. The van der Waals surface area contributed by atoms with E-state index in [0.717, 1.165) is 6.42 Å². The molecule has 0 aromatic heterocycles. The lowest BCUT2D eigenvalue weighted by molar-refractivity contribution is -0.119. The van der Waals surface area contributed by atoms with Gasteiger partial charge >= 0.3 is 0 Å². The molecule has 1 atom stereocenters. The molecule has 1 amide bonds. The molecule has 1 N–H and O–H groups in total. The van der Waals surface area contributed by atoms with E-state index in [9.17, 15) is 4.79 Å². The van der Waals surface area contributed by atoms with Crippen molar-refractivity contribution in [2.24, 2.45) is 0 Å². The molecular weight excluding hydrogens is 244 g/mol. The van der Waals surface area contributed by atoms with Crippen molar-refractivity contribution in [2.75, 3.05) is 31.0 Å². The quantitative estimate of drug-likeness (QED) is 0.856. The van der Waals surface area contributed by atoms with Crippen molar-refractivity contribution in [3.63, 3.8) is 0 Å². The standard InChI is InChI=1S/C14H22N2OS/c1-11(15-14(17)10-18-4)9-12-5-7-13(8-6-12)16(2)3/h5-8,11H,9-10H2,1-4H3,(H,15,17). The van der Waals surface area contributed by atoms with Gasteiger partial charge in [0.2, 0.25) is 5.91 Å². The molecule has 0 saturated heterocycles. The van der Waals surface area contributed by atoms with E-state index < -0.39 is 0 Å². The van der Waals surface area contributed by atoms with Crippen LogP contribution in [0.2, 0.25) is 0 Å². The molecule has 100 valence electrons. The number of rotatable bonds is 6. The highest BCUT2D eigenvalue weighted by atomic mass is 32.2. The number of hydrogen-bond donors (Lipinski definition) is 1. The van der Waals surface area contributed by atoms with E-state index in [2.05, 4.69) is 34.5 Å². The van der Waals surface area contributed by atoms with E-state index in [1.165, 1.54) is 11.3 Å². The van der Waals surface area contributed by atoms with Gasteiger partial charge in [-0.3, -0.25) is 4.79 Å². The van der Waals surface area contributed by atoms with Crippen LogP contribution in [-0.4, -0.2) is 38.1 Å². The summed E-state index contributed by atoms with van der Waals surface area (Å²) in [6.07, 6.45) is 2.80. The number of nitrogens with zero attached hydrogens (tertiary/aromatic N) is 1. The van der Waals surface area contributed by atoms with Gasteiger partial charge in [-0.05, 0) is 37.3 Å². The molecule has 0 spiro atoms. The molecule has 1 unspecified atom stereocenters. The Kier molecular flexibility index (Phi) is 6.05. The van der Waals surface area contributed by atoms with Crippen molar-refractivity contribution in [2.45, 2.75) is 19.4 Å². The summed E-state index contributed by atoms with van der Waals surface area (Å²) in [4.78, 5) is 13.5. The number of carbonyl (C=O) groups is 1. The lowest BCUT2D eigenvalue weighted by atomic mass is 10.1. The van der Waals surface area contributed by atoms with E-state index in [-0.39, 0.29) is 11.9 Å². The normalized spacial score (nSPS) is 12.0. The van der Waals surface area contributed by atoms with Crippen LogP contribution in [0.15, 0.2) is 24.3 Å². The van der Waals surface area contributed by atoms with Crippen LogP contribution in [0.1, 0.15) is 12.5 Å². The zero-order valence-electron chi connectivity index (χ0n) is 11.6. The second-order valence-electron chi connectivity index (χ2n) is 4.67. The Bertz CT molecular complexity index is 376. The predicted octanol–water partition coefficient (Wildman–Crippen LogP) is 2.16. The molecule has 0 saturated carbocycles. The van der Waals surface area contributed by atoms with Crippen LogP contribution >= 0.6 is 11.8 Å². The van der Waals surface area contributed by atoms with Crippen molar-refractivity contribution < 1.29 is 4.79 Å². The largest absolute Gasteiger partial charge is 0.378 e. The Labute approximate surface area is 114 Å². The third kappa shape index (κ3) is 5.00. The van der Waals surface area contributed by atoms with E-state index in [1.807, 2.05) is 27.3 Å². The molecule has 3 nitrogen and oxygen atoms in total. The van der Waals surface area contributed by atoms with Gasteiger partial charge in [-0.15, -0.1) is 0 Å². The van der Waals surface area contributed by atoms with E-state index in [1.54, 1.807) is 11.8 Å². The van der Waals surface area contributed by atoms with E-state index in [0.29, 0.717) is 5.75 Å². The SMILES string of the molecule is CSCC(=O)NC(C)Cc1ccc(N(C)C)cc1. The first kappa shape index (κ1) is 14.9. The predicted molar refractivity (Wildman–Crippen MR) is 80.5 cm³/mol. The number of nitrogens with one attached hydrogen (secondary N) is 1. The van der Waals surface area contributed by atoms with Crippen LogP contribution in [0.5, 0.6) is 0 Å². The summed E-state index contributed by atoms with van der Waals surface area (Å²) in [7, 11) is 4.06. The lowest BCUT2D eigenvalue weighted by Crippen LogP contribution is -2.35. The molecular formula is C14H22N2OS. The molecule has 1 aromatic rings. The van der Waals surface area contributed by atoms with Gasteiger partial charge in [-0.2, -0.15) is 11.8 Å². The van der Waals surface area contributed by atoms with Crippen LogP contribution in [-0.2, 0) is 11.2 Å². The maximum absolute atomic E-state index is 11.4. The fourth-order valence-electron chi connectivity index (χ4n) is 1.78.